The Kier molecular flexibility index (Phi) is 4.18. The van der Waals surface area contributed by atoms with Gasteiger partial charge in [0.2, 0.25) is 0 Å². The molecule has 2 aliphatic rings. The third-order valence-electron chi connectivity index (χ3n) is 4.88. The highest BCUT2D eigenvalue weighted by Gasteiger charge is 2.36. The number of likely N-dealkylation sites (tertiary alicyclic amines) is 1. The lowest BCUT2D eigenvalue weighted by Gasteiger charge is -2.16. The number of non-ortho nitro benzene ring substituents is 1. The van der Waals surface area contributed by atoms with Gasteiger partial charge in [-0.2, -0.15) is 0 Å². The van der Waals surface area contributed by atoms with Crippen molar-refractivity contribution in [2.75, 3.05) is 25.4 Å². The standard InChI is InChI=1S/C15H20N2O4S/c18-17(19)14-4-6-15(7-5-14)22(20,21)9-8-16-10-12-2-1-3-13(12)11-16/h4-7,12-13H,1-3,8-11H2/t12-,13-/m1/s1. The first kappa shape index (κ1) is 15.4. The Hall–Kier alpha value is -1.47. The van der Waals surface area contributed by atoms with E-state index in [9.17, 15) is 18.5 Å². The highest BCUT2D eigenvalue weighted by atomic mass is 32.2. The van der Waals surface area contributed by atoms with Crippen molar-refractivity contribution in [2.45, 2.75) is 24.2 Å². The molecular weight excluding hydrogens is 304 g/mol. The molecule has 2 atom stereocenters. The van der Waals surface area contributed by atoms with Gasteiger partial charge in [0.15, 0.2) is 9.84 Å². The number of benzene rings is 1. The van der Waals surface area contributed by atoms with Crippen LogP contribution in [0.4, 0.5) is 5.69 Å². The van der Waals surface area contributed by atoms with E-state index >= 15 is 0 Å². The van der Waals surface area contributed by atoms with Gasteiger partial charge in [0.25, 0.3) is 5.69 Å². The highest BCUT2D eigenvalue weighted by molar-refractivity contribution is 7.91. The van der Waals surface area contributed by atoms with Gasteiger partial charge in [0, 0.05) is 31.8 Å². The van der Waals surface area contributed by atoms with E-state index in [4.69, 9.17) is 0 Å². The van der Waals surface area contributed by atoms with E-state index in [1.54, 1.807) is 0 Å². The Bertz CT molecular complexity index is 645. The smallest absolute Gasteiger partial charge is 0.269 e. The second-order valence-corrected chi connectivity index (χ2v) is 8.39. The van der Waals surface area contributed by atoms with Crippen molar-refractivity contribution in [1.29, 1.82) is 0 Å². The summed E-state index contributed by atoms with van der Waals surface area (Å²) in [5.41, 5.74) is -0.0914. The fourth-order valence-electron chi connectivity index (χ4n) is 3.66. The van der Waals surface area contributed by atoms with Gasteiger partial charge >= 0.3 is 0 Å². The zero-order valence-corrected chi connectivity index (χ0v) is 13.2. The molecule has 1 aromatic carbocycles. The van der Waals surface area contributed by atoms with Crippen molar-refractivity contribution in [3.05, 3.63) is 34.4 Å². The first-order chi connectivity index (χ1) is 10.5. The molecule has 1 saturated heterocycles. The zero-order valence-electron chi connectivity index (χ0n) is 12.3. The van der Waals surface area contributed by atoms with Crippen molar-refractivity contribution in [2.24, 2.45) is 11.8 Å². The van der Waals surface area contributed by atoms with Crippen LogP contribution in [0, 0.1) is 22.0 Å². The monoisotopic (exact) mass is 324 g/mol. The van der Waals surface area contributed by atoms with Crippen molar-refractivity contribution in [1.82, 2.24) is 4.90 Å². The summed E-state index contributed by atoms with van der Waals surface area (Å²) in [5, 5.41) is 10.6. The number of nitro groups is 1. The molecule has 1 aromatic rings. The number of nitrogens with zero attached hydrogens (tertiary/aromatic N) is 2. The Morgan fingerprint density at radius 3 is 2.27 bits per heavy atom. The van der Waals surface area contributed by atoms with Gasteiger partial charge in [-0.05, 0) is 36.8 Å². The summed E-state index contributed by atoms with van der Waals surface area (Å²) in [5.74, 6) is 1.58. The Labute approximate surface area is 130 Å². The van der Waals surface area contributed by atoms with Crippen LogP contribution < -0.4 is 0 Å². The van der Waals surface area contributed by atoms with Crippen molar-refractivity contribution >= 4 is 15.5 Å². The molecule has 0 unspecified atom stereocenters. The van der Waals surface area contributed by atoms with Crippen LogP contribution in [0.5, 0.6) is 0 Å². The minimum absolute atomic E-state index is 0.0737. The second kappa shape index (κ2) is 5.96. The summed E-state index contributed by atoms with van der Waals surface area (Å²) in [6.45, 7) is 2.58. The van der Waals surface area contributed by atoms with Gasteiger partial charge in [0.1, 0.15) is 0 Å². The summed E-state index contributed by atoms with van der Waals surface area (Å²) in [7, 11) is -3.38. The minimum atomic E-state index is -3.38. The van der Waals surface area contributed by atoms with Crippen molar-refractivity contribution < 1.29 is 13.3 Å². The maximum atomic E-state index is 12.3. The first-order valence-corrected chi connectivity index (χ1v) is 9.30. The molecule has 6 nitrogen and oxygen atoms in total. The summed E-state index contributed by atoms with van der Waals surface area (Å²) >= 11 is 0. The lowest BCUT2D eigenvalue weighted by Crippen LogP contribution is -2.28. The van der Waals surface area contributed by atoms with Gasteiger partial charge in [-0.15, -0.1) is 0 Å². The van der Waals surface area contributed by atoms with E-state index < -0.39 is 14.8 Å². The van der Waals surface area contributed by atoms with E-state index in [0.29, 0.717) is 6.54 Å². The predicted octanol–water partition coefficient (Wildman–Crippen LogP) is 2.10. The van der Waals surface area contributed by atoms with Crippen LogP contribution in [-0.4, -0.2) is 43.6 Å². The fourth-order valence-corrected chi connectivity index (χ4v) is 4.94. The Morgan fingerprint density at radius 1 is 1.14 bits per heavy atom. The molecule has 1 aliphatic heterocycles. The third kappa shape index (κ3) is 3.15. The van der Waals surface area contributed by atoms with Gasteiger partial charge < -0.3 is 4.90 Å². The van der Waals surface area contributed by atoms with Gasteiger partial charge in [0.05, 0.1) is 15.6 Å². The summed E-state index contributed by atoms with van der Waals surface area (Å²) < 4.78 is 24.6. The Balaban J connectivity index is 1.60. The maximum absolute atomic E-state index is 12.3. The SMILES string of the molecule is O=[N+]([O-])c1ccc(S(=O)(=O)CCN2C[C@H]3CCC[C@@H]3C2)cc1. The number of hydrogen-bond donors (Lipinski definition) is 0. The molecule has 3 rings (SSSR count). The molecular formula is C15H20N2O4S. The molecule has 22 heavy (non-hydrogen) atoms. The van der Waals surface area contributed by atoms with Crippen molar-refractivity contribution in [3.8, 4) is 0 Å². The van der Waals surface area contributed by atoms with Crippen LogP contribution in [0.1, 0.15) is 19.3 Å². The van der Waals surface area contributed by atoms with Gasteiger partial charge in [-0.1, -0.05) is 6.42 Å². The number of hydrogen-bond acceptors (Lipinski definition) is 5. The van der Waals surface area contributed by atoms with Crippen LogP contribution in [0.25, 0.3) is 0 Å². The molecule has 1 aliphatic carbocycles. The molecule has 0 aromatic heterocycles. The molecule has 0 amide bonds. The van der Waals surface area contributed by atoms with E-state index in [1.807, 2.05) is 0 Å². The lowest BCUT2D eigenvalue weighted by molar-refractivity contribution is -0.384. The lowest BCUT2D eigenvalue weighted by atomic mass is 10.0. The second-order valence-electron chi connectivity index (χ2n) is 6.28. The van der Waals surface area contributed by atoms with Gasteiger partial charge in [-0.3, -0.25) is 10.1 Å². The summed E-state index contributed by atoms with van der Waals surface area (Å²) in [6, 6.07) is 5.14. The maximum Gasteiger partial charge on any atom is 0.269 e. The fraction of sp³-hybridized carbons (Fsp3) is 0.600. The number of fused-ring (bicyclic) bond motifs is 1. The topological polar surface area (TPSA) is 80.5 Å². The third-order valence-corrected chi connectivity index (χ3v) is 6.60. The Morgan fingerprint density at radius 2 is 1.73 bits per heavy atom. The first-order valence-electron chi connectivity index (χ1n) is 7.65. The zero-order chi connectivity index (χ0) is 15.7. The molecule has 1 heterocycles. The van der Waals surface area contributed by atoms with E-state index in [2.05, 4.69) is 4.90 Å². The quantitative estimate of drug-likeness (QED) is 0.612. The minimum Gasteiger partial charge on any atom is -0.302 e. The molecule has 7 heteroatoms. The normalized spacial score (nSPS) is 25.3. The summed E-state index contributed by atoms with van der Waals surface area (Å²) in [6.07, 6.45) is 3.86. The molecule has 2 fully saturated rings. The average molecular weight is 324 g/mol. The van der Waals surface area contributed by atoms with E-state index in [-0.39, 0.29) is 16.3 Å². The molecule has 0 radical (unpaired) electrons. The summed E-state index contributed by atoms with van der Waals surface area (Å²) in [4.78, 5) is 12.5. The van der Waals surface area contributed by atoms with Crippen LogP contribution >= 0.6 is 0 Å². The van der Waals surface area contributed by atoms with E-state index in [0.717, 1.165) is 24.9 Å². The van der Waals surface area contributed by atoms with Gasteiger partial charge in [-0.25, -0.2) is 8.42 Å². The van der Waals surface area contributed by atoms with Crippen LogP contribution in [0.15, 0.2) is 29.2 Å². The molecule has 0 bridgehead atoms. The number of nitro benzene ring substituents is 1. The van der Waals surface area contributed by atoms with E-state index in [1.165, 1.54) is 43.5 Å². The molecule has 120 valence electrons. The predicted molar refractivity (Wildman–Crippen MR) is 82.4 cm³/mol. The van der Waals surface area contributed by atoms with Crippen LogP contribution in [0.2, 0.25) is 0 Å². The molecule has 0 spiro atoms. The van der Waals surface area contributed by atoms with Crippen LogP contribution in [-0.2, 0) is 9.84 Å². The highest BCUT2D eigenvalue weighted by Crippen LogP contribution is 2.37. The van der Waals surface area contributed by atoms with Crippen LogP contribution in [0.3, 0.4) is 0 Å². The van der Waals surface area contributed by atoms with Crippen molar-refractivity contribution in [3.63, 3.8) is 0 Å². The molecule has 1 saturated carbocycles. The number of rotatable bonds is 5. The number of sulfone groups is 1. The average Bonchev–Trinajstić information content (AvgIpc) is 3.06. The molecule has 0 N–H and O–H groups in total. The largest absolute Gasteiger partial charge is 0.302 e.